The lowest BCUT2D eigenvalue weighted by molar-refractivity contribution is 0.0730. The van der Waals surface area contributed by atoms with Crippen molar-refractivity contribution in [1.82, 2.24) is 9.29 Å². The number of pyridine rings is 1. The van der Waals surface area contributed by atoms with Gasteiger partial charge in [0.05, 0.1) is 18.9 Å². The van der Waals surface area contributed by atoms with Crippen molar-refractivity contribution in [2.75, 3.05) is 26.3 Å². The third-order valence-corrected chi connectivity index (χ3v) is 4.50. The summed E-state index contributed by atoms with van der Waals surface area (Å²) in [5.74, 6) is 0. The zero-order valence-electron chi connectivity index (χ0n) is 9.37. The Labute approximate surface area is 100 Å². The molecule has 1 fully saturated rings. The number of hydrogen-bond donors (Lipinski definition) is 1. The number of hydrogen-bond acceptors (Lipinski definition) is 5. The predicted molar refractivity (Wildman–Crippen MR) is 61.7 cm³/mol. The highest BCUT2D eigenvalue weighted by atomic mass is 32.2. The SMILES string of the molecule is NCc1ccc(S(=O)(=O)N2CCOCC2)cn1. The Balaban J connectivity index is 2.23. The highest BCUT2D eigenvalue weighted by Gasteiger charge is 2.26. The molecule has 17 heavy (non-hydrogen) atoms. The van der Waals surface area contributed by atoms with Gasteiger partial charge in [0, 0.05) is 25.8 Å². The van der Waals surface area contributed by atoms with Crippen LogP contribution in [0.3, 0.4) is 0 Å². The first-order valence-electron chi connectivity index (χ1n) is 5.37. The summed E-state index contributed by atoms with van der Waals surface area (Å²) in [7, 11) is -3.44. The van der Waals surface area contributed by atoms with E-state index < -0.39 is 10.0 Å². The lowest BCUT2D eigenvalue weighted by Crippen LogP contribution is -2.40. The van der Waals surface area contributed by atoms with E-state index in [4.69, 9.17) is 10.5 Å². The fourth-order valence-electron chi connectivity index (χ4n) is 1.62. The van der Waals surface area contributed by atoms with Crippen molar-refractivity contribution in [2.45, 2.75) is 11.4 Å². The average molecular weight is 257 g/mol. The zero-order valence-corrected chi connectivity index (χ0v) is 10.2. The summed E-state index contributed by atoms with van der Waals surface area (Å²) >= 11 is 0. The van der Waals surface area contributed by atoms with E-state index in [1.807, 2.05) is 0 Å². The normalized spacial score (nSPS) is 18.2. The van der Waals surface area contributed by atoms with Crippen LogP contribution in [0.4, 0.5) is 0 Å². The highest BCUT2D eigenvalue weighted by molar-refractivity contribution is 7.89. The van der Waals surface area contributed by atoms with Gasteiger partial charge in [0.25, 0.3) is 0 Å². The number of morpholine rings is 1. The van der Waals surface area contributed by atoms with E-state index in [0.29, 0.717) is 38.5 Å². The molecule has 2 heterocycles. The second-order valence-corrected chi connectivity index (χ2v) is 5.64. The topological polar surface area (TPSA) is 85.5 Å². The van der Waals surface area contributed by atoms with Gasteiger partial charge in [0.2, 0.25) is 10.0 Å². The predicted octanol–water partition coefficient (Wildman–Crippen LogP) is -0.439. The monoisotopic (exact) mass is 257 g/mol. The van der Waals surface area contributed by atoms with Crippen molar-refractivity contribution in [3.05, 3.63) is 24.0 Å². The molecule has 0 bridgehead atoms. The van der Waals surface area contributed by atoms with E-state index in [2.05, 4.69) is 4.98 Å². The zero-order chi connectivity index (χ0) is 12.3. The van der Waals surface area contributed by atoms with Gasteiger partial charge in [0.1, 0.15) is 4.90 Å². The molecule has 1 aliphatic heterocycles. The van der Waals surface area contributed by atoms with E-state index in [0.717, 1.165) is 0 Å². The van der Waals surface area contributed by atoms with Gasteiger partial charge in [-0.3, -0.25) is 4.98 Å². The van der Waals surface area contributed by atoms with Crippen LogP contribution in [-0.2, 0) is 21.3 Å². The first kappa shape index (κ1) is 12.4. The standard InChI is InChI=1S/C10H15N3O3S/c11-7-9-1-2-10(8-12-9)17(14,15)13-3-5-16-6-4-13/h1-2,8H,3-7,11H2. The van der Waals surface area contributed by atoms with Crippen LogP contribution in [0.15, 0.2) is 23.2 Å². The minimum absolute atomic E-state index is 0.205. The van der Waals surface area contributed by atoms with Crippen molar-refractivity contribution in [3.8, 4) is 0 Å². The number of nitrogens with two attached hydrogens (primary N) is 1. The second-order valence-electron chi connectivity index (χ2n) is 3.71. The molecule has 0 saturated carbocycles. The number of rotatable bonds is 3. The van der Waals surface area contributed by atoms with Crippen LogP contribution in [0, 0.1) is 0 Å². The molecule has 94 valence electrons. The number of sulfonamides is 1. The summed E-state index contributed by atoms with van der Waals surface area (Å²) in [5.41, 5.74) is 6.09. The number of ether oxygens (including phenoxy) is 1. The van der Waals surface area contributed by atoms with Crippen LogP contribution in [0.1, 0.15) is 5.69 Å². The molecular weight excluding hydrogens is 242 g/mol. The smallest absolute Gasteiger partial charge is 0.244 e. The Kier molecular flexibility index (Phi) is 3.72. The average Bonchev–Trinajstić information content (AvgIpc) is 2.40. The maximum absolute atomic E-state index is 12.2. The van der Waals surface area contributed by atoms with Crippen LogP contribution in [0.25, 0.3) is 0 Å². The van der Waals surface area contributed by atoms with E-state index in [1.54, 1.807) is 12.1 Å². The van der Waals surface area contributed by atoms with Gasteiger partial charge in [-0.05, 0) is 12.1 Å². The lowest BCUT2D eigenvalue weighted by Gasteiger charge is -2.25. The van der Waals surface area contributed by atoms with Crippen LogP contribution in [-0.4, -0.2) is 44.0 Å². The van der Waals surface area contributed by atoms with Gasteiger partial charge >= 0.3 is 0 Å². The van der Waals surface area contributed by atoms with Gasteiger partial charge < -0.3 is 10.5 Å². The van der Waals surface area contributed by atoms with Gasteiger partial charge in [-0.25, -0.2) is 8.42 Å². The number of nitrogens with zero attached hydrogens (tertiary/aromatic N) is 2. The van der Waals surface area contributed by atoms with Crippen molar-refractivity contribution in [3.63, 3.8) is 0 Å². The Morgan fingerprint density at radius 2 is 2.06 bits per heavy atom. The molecule has 1 aromatic rings. The summed E-state index contributed by atoms with van der Waals surface area (Å²) in [6.07, 6.45) is 1.35. The molecule has 0 spiro atoms. The van der Waals surface area contributed by atoms with E-state index in [9.17, 15) is 8.42 Å². The summed E-state index contributed by atoms with van der Waals surface area (Å²) < 4.78 is 30.9. The van der Waals surface area contributed by atoms with Gasteiger partial charge in [-0.2, -0.15) is 4.31 Å². The molecule has 1 saturated heterocycles. The molecule has 6 nitrogen and oxygen atoms in total. The first-order chi connectivity index (χ1) is 8.14. The maximum atomic E-state index is 12.2. The molecular formula is C10H15N3O3S. The van der Waals surface area contributed by atoms with Gasteiger partial charge in [-0.1, -0.05) is 0 Å². The van der Waals surface area contributed by atoms with Crippen LogP contribution in [0.2, 0.25) is 0 Å². The molecule has 0 aromatic carbocycles. The molecule has 0 atom stereocenters. The highest BCUT2D eigenvalue weighted by Crippen LogP contribution is 2.16. The second kappa shape index (κ2) is 5.09. The molecule has 2 N–H and O–H groups in total. The molecule has 2 rings (SSSR count). The Bertz CT molecular complexity index is 466. The van der Waals surface area contributed by atoms with Crippen molar-refractivity contribution in [2.24, 2.45) is 5.73 Å². The maximum Gasteiger partial charge on any atom is 0.244 e. The summed E-state index contributed by atoms with van der Waals surface area (Å²) in [6.45, 7) is 1.96. The Morgan fingerprint density at radius 3 is 2.59 bits per heavy atom. The molecule has 0 amide bonds. The third-order valence-electron chi connectivity index (χ3n) is 2.61. The summed E-state index contributed by atoms with van der Waals surface area (Å²) in [5, 5.41) is 0. The minimum atomic E-state index is -3.44. The summed E-state index contributed by atoms with van der Waals surface area (Å²) in [6, 6.07) is 3.17. The Hall–Kier alpha value is -1.02. The first-order valence-corrected chi connectivity index (χ1v) is 6.81. The number of aromatic nitrogens is 1. The largest absolute Gasteiger partial charge is 0.379 e. The molecule has 0 aliphatic carbocycles. The quantitative estimate of drug-likeness (QED) is 0.793. The van der Waals surface area contributed by atoms with E-state index >= 15 is 0 Å². The van der Waals surface area contributed by atoms with Crippen LogP contribution < -0.4 is 5.73 Å². The van der Waals surface area contributed by atoms with Gasteiger partial charge in [0.15, 0.2) is 0 Å². The third kappa shape index (κ3) is 2.63. The fraction of sp³-hybridized carbons (Fsp3) is 0.500. The van der Waals surface area contributed by atoms with Crippen LogP contribution >= 0.6 is 0 Å². The summed E-state index contributed by atoms with van der Waals surface area (Å²) in [4.78, 5) is 4.20. The lowest BCUT2D eigenvalue weighted by atomic mass is 10.4. The Morgan fingerprint density at radius 1 is 1.35 bits per heavy atom. The molecule has 1 aromatic heterocycles. The van der Waals surface area contributed by atoms with Gasteiger partial charge in [-0.15, -0.1) is 0 Å². The molecule has 1 aliphatic rings. The van der Waals surface area contributed by atoms with E-state index in [1.165, 1.54) is 10.5 Å². The fourth-order valence-corrected chi connectivity index (χ4v) is 2.97. The molecule has 0 radical (unpaired) electrons. The molecule has 7 heteroatoms. The van der Waals surface area contributed by atoms with Crippen molar-refractivity contribution in [1.29, 1.82) is 0 Å². The minimum Gasteiger partial charge on any atom is -0.379 e. The van der Waals surface area contributed by atoms with Crippen LogP contribution in [0.5, 0.6) is 0 Å². The molecule has 0 unspecified atom stereocenters. The van der Waals surface area contributed by atoms with E-state index in [-0.39, 0.29) is 4.90 Å². The van der Waals surface area contributed by atoms with Crippen molar-refractivity contribution >= 4 is 10.0 Å². The van der Waals surface area contributed by atoms with Crippen molar-refractivity contribution < 1.29 is 13.2 Å².